The van der Waals surface area contributed by atoms with Gasteiger partial charge in [0.15, 0.2) is 5.96 Å². The van der Waals surface area contributed by atoms with E-state index in [0.717, 1.165) is 0 Å². The summed E-state index contributed by atoms with van der Waals surface area (Å²) in [5.74, 6) is -5.39. The smallest absolute Gasteiger partial charge is 0.326 e. The number of thiol groups is 1. The van der Waals surface area contributed by atoms with Crippen LogP contribution >= 0.6 is 12.6 Å². The second kappa shape index (κ2) is 22.8. The largest absolute Gasteiger partial charge is 0.480 e. The maximum absolute atomic E-state index is 13.6. The Morgan fingerprint density at radius 2 is 1.23 bits per heavy atom. The van der Waals surface area contributed by atoms with Crippen molar-refractivity contribution in [1.29, 1.82) is 5.41 Å². The molecule has 0 aliphatic heterocycles. The molecule has 0 saturated heterocycles. The molecule has 17 nitrogen and oxygen atoms in total. The van der Waals surface area contributed by atoms with Crippen molar-refractivity contribution in [2.75, 3.05) is 18.8 Å². The Bertz CT molecular complexity index is 1060. The van der Waals surface area contributed by atoms with E-state index in [0.29, 0.717) is 19.4 Å². The SMILES string of the molecule is CC(C)C[C@H](NC(=O)[C@H](CS)NC(=O)[C@H](C)N)C(=O)N[C@H](C(=O)N[C@@H](CCCNC(=N)N)C(=O)N[C@@H](CCCCN)C(=O)O)C(C)C. The Labute approximate surface area is 282 Å². The van der Waals surface area contributed by atoms with Crippen LogP contribution in [0.5, 0.6) is 0 Å². The normalized spacial score (nSPS) is 14.9. The zero-order chi connectivity index (χ0) is 36.3. The number of unbranched alkanes of at least 4 members (excludes halogenated alkanes) is 1. The maximum atomic E-state index is 13.6. The summed E-state index contributed by atoms with van der Waals surface area (Å²) in [5.41, 5.74) is 16.4. The van der Waals surface area contributed by atoms with Crippen LogP contribution in [-0.2, 0) is 28.8 Å². The van der Waals surface area contributed by atoms with E-state index in [1.54, 1.807) is 13.8 Å². The molecule has 0 radical (unpaired) electrons. The average Bonchev–Trinajstić information content (AvgIpc) is 2.97. The van der Waals surface area contributed by atoms with Crippen LogP contribution in [0.4, 0.5) is 0 Å². The molecule has 14 N–H and O–H groups in total. The molecule has 6 atom stereocenters. The van der Waals surface area contributed by atoms with Crippen molar-refractivity contribution in [1.82, 2.24) is 31.9 Å². The molecule has 0 fully saturated rings. The van der Waals surface area contributed by atoms with Crippen LogP contribution in [0.2, 0.25) is 0 Å². The Balaban J connectivity index is 5.95. The van der Waals surface area contributed by atoms with E-state index in [-0.39, 0.29) is 49.9 Å². The van der Waals surface area contributed by atoms with E-state index in [4.69, 9.17) is 22.6 Å². The van der Waals surface area contributed by atoms with Crippen molar-refractivity contribution in [2.24, 2.45) is 29.0 Å². The van der Waals surface area contributed by atoms with Crippen LogP contribution in [0.15, 0.2) is 0 Å². The van der Waals surface area contributed by atoms with Gasteiger partial charge in [-0.25, -0.2) is 4.79 Å². The molecule has 0 aromatic carbocycles. The minimum absolute atomic E-state index is 0.0470. The zero-order valence-electron chi connectivity index (χ0n) is 28.1. The summed E-state index contributed by atoms with van der Waals surface area (Å²) in [6.45, 7) is 9.10. The summed E-state index contributed by atoms with van der Waals surface area (Å²) in [5, 5.41) is 32.5. The predicted octanol–water partition coefficient (Wildman–Crippen LogP) is -2.13. The lowest BCUT2D eigenvalue weighted by Crippen LogP contribution is -2.60. The van der Waals surface area contributed by atoms with Crippen molar-refractivity contribution in [3.63, 3.8) is 0 Å². The van der Waals surface area contributed by atoms with Crippen LogP contribution in [0.3, 0.4) is 0 Å². The second-order valence-corrected chi connectivity index (χ2v) is 12.5. The molecule has 0 unspecified atom stereocenters. The first-order chi connectivity index (χ1) is 21.9. The number of guanidine groups is 1. The molecule has 47 heavy (non-hydrogen) atoms. The van der Waals surface area contributed by atoms with E-state index >= 15 is 0 Å². The van der Waals surface area contributed by atoms with Gasteiger partial charge in [-0.2, -0.15) is 12.6 Å². The lowest BCUT2D eigenvalue weighted by Gasteiger charge is -2.29. The summed E-state index contributed by atoms with van der Waals surface area (Å²) in [6, 6.07) is -6.53. The number of nitrogens with one attached hydrogen (secondary N) is 7. The highest BCUT2D eigenvalue weighted by Crippen LogP contribution is 2.10. The van der Waals surface area contributed by atoms with Crippen molar-refractivity contribution in [3.8, 4) is 0 Å². The highest BCUT2D eigenvalue weighted by atomic mass is 32.1. The lowest BCUT2D eigenvalue weighted by atomic mass is 9.99. The van der Waals surface area contributed by atoms with Gasteiger partial charge in [0.05, 0.1) is 6.04 Å². The number of carboxylic acid groups (broad SMARTS) is 1. The minimum Gasteiger partial charge on any atom is -0.480 e. The third kappa shape index (κ3) is 17.7. The van der Waals surface area contributed by atoms with E-state index in [1.165, 1.54) is 6.92 Å². The molecule has 0 aromatic heterocycles. The van der Waals surface area contributed by atoms with Gasteiger partial charge in [0.2, 0.25) is 29.5 Å². The van der Waals surface area contributed by atoms with E-state index in [1.807, 2.05) is 13.8 Å². The van der Waals surface area contributed by atoms with Crippen LogP contribution in [0, 0.1) is 17.2 Å². The molecule has 0 spiro atoms. The molecule has 0 heterocycles. The monoisotopic (exact) mass is 688 g/mol. The second-order valence-electron chi connectivity index (χ2n) is 12.2. The molecule has 18 heteroatoms. The van der Waals surface area contributed by atoms with E-state index in [2.05, 4.69) is 44.5 Å². The Hall–Kier alpha value is -3.64. The molecule has 0 aliphatic rings. The van der Waals surface area contributed by atoms with Gasteiger partial charge in [-0.1, -0.05) is 27.7 Å². The van der Waals surface area contributed by atoms with Crippen LogP contribution < -0.4 is 49.1 Å². The van der Waals surface area contributed by atoms with Gasteiger partial charge in [-0.3, -0.25) is 29.4 Å². The van der Waals surface area contributed by atoms with E-state index in [9.17, 15) is 33.9 Å². The first-order valence-electron chi connectivity index (χ1n) is 15.8. The molecule has 5 amide bonds. The number of hydrogen-bond donors (Lipinski definition) is 12. The number of hydrogen-bond acceptors (Lipinski definition) is 10. The van der Waals surface area contributed by atoms with Crippen molar-refractivity contribution >= 4 is 54.1 Å². The fraction of sp³-hybridized carbons (Fsp3) is 0.759. The van der Waals surface area contributed by atoms with Crippen molar-refractivity contribution in [3.05, 3.63) is 0 Å². The van der Waals surface area contributed by atoms with Gasteiger partial charge in [0, 0.05) is 12.3 Å². The summed E-state index contributed by atoms with van der Waals surface area (Å²) < 4.78 is 0. The molecule has 0 aromatic rings. The predicted molar refractivity (Wildman–Crippen MR) is 181 cm³/mol. The van der Waals surface area contributed by atoms with Gasteiger partial charge < -0.3 is 54.2 Å². The number of carboxylic acids is 1. The molecule has 0 rings (SSSR count). The summed E-state index contributed by atoms with van der Waals surface area (Å²) in [4.78, 5) is 77.1. The first kappa shape index (κ1) is 43.4. The highest BCUT2D eigenvalue weighted by Gasteiger charge is 2.33. The number of amides is 5. The van der Waals surface area contributed by atoms with Crippen LogP contribution in [-0.4, -0.2) is 102 Å². The third-order valence-corrected chi connectivity index (χ3v) is 7.36. The van der Waals surface area contributed by atoms with Gasteiger partial charge in [0.25, 0.3) is 0 Å². The van der Waals surface area contributed by atoms with Crippen molar-refractivity contribution < 1.29 is 33.9 Å². The van der Waals surface area contributed by atoms with Gasteiger partial charge in [-0.05, 0) is 63.8 Å². The third-order valence-electron chi connectivity index (χ3n) is 7.00. The van der Waals surface area contributed by atoms with Gasteiger partial charge in [0.1, 0.15) is 30.2 Å². The van der Waals surface area contributed by atoms with Gasteiger partial charge >= 0.3 is 5.97 Å². The standard InChI is InChI=1S/C29H56N10O7S/c1-15(2)13-20(37-26(43)21(14-47)38-23(40)17(5)31)25(42)39-22(16(3)4)27(44)35-18(10-8-12-34-29(32)33)24(41)36-19(28(45)46)9-6-7-11-30/h15-22,47H,6-14,30-31H2,1-5H3,(H,35,44)(H,36,41)(H,37,43)(H,38,40)(H,39,42)(H,45,46)(H4,32,33,34)/t17-,18-,19-,20-,21-,22-/m0/s1. The molecule has 0 aliphatic carbocycles. The van der Waals surface area contributed by atoms with Crippen molar-refractivity contribution in [2.45, 2.75) is 109 Å². The number of aliphatic carboxylic acids is 1. The first-order valence-corrected chi connectivity index (χ1v) is 16.5. The number of rotatable bonds is 23. The van der Waals surface area contributed by atoms with E-state index < -0.39 is 77.7 Å². The number of carbonyl (C=O) groups is 6. The topological polar surface area (TPSA) is 297 Å². The summed E-state index contributed by atoms with van der Waals surface area (Å²) in [7, 11) is 0. The lowest BCUT2D eigenvalue weighted by molar-refractivity contribution is -0.142. The highest BCUT2D eigenvalue weighted by molar-refractivity contribution is 7.80. The summed E-state index contributed by atoms with van der Waals surface area (Å²) >= 11 is 4.13. The Morgan fingerprint density at radius 1 is 0.723 bits per heavy atom. The molecular weight excluding hydrogens is 632 g/mol. The molecule has 0 bridgehead atoms. The minimum atomic E-state index is -1.23. The van der Waals surface area contributed by atoms with Gasteiger partial charge in [-0.15, -0.1) is 0 Å². The Kier molecular flexibility index (Phi) is 21.0. The molecular formula is C29H56N10O7S. The average molecular weight is 689 g/mol. The number of carbonyl (C=O) groups excluding carboxylic acids is 5. The summed E-state index contributed by atoms with van der Waals surface area (Å²) in [6.07, 6.45) is 1.74. The van der Waals surface area contributed by atoms with Crippen LogP contribution in [0.25, 0.3) is 0 Å². The quantitative estimate of drug-likeness (QED) is 0.0238. The molecule has 0 saturated carbocycles. The maximum Gasteiger partial charge on any atom is 0.326 e. The fourth-order valence-corrected chi connectivity index (χ4v) is 4.60. The molecule has 270 valence electrons. The Morgan fingerprint density at radius 3 is 1.72 bits per heavy atom. The number of nitrogens with two attached hydrogens (primary N) is 3. The zero-order valence-corrected chi connectivity index (χ0v) is 29.0. The van der Waals surface area contributed by atoms with Crippen LogP contribution in [0.1, 0.15) is 73.1 Å². The fourth-order valence-electron chi connectivity index (χ4n) is 4.34.